The maximum Gasteiger partial charge on any atom is 0.292 e. The molecule has 0 saturated carbocycles. The molecule has 0 aliphatic heterocycles. The van der Waals surface area contributed by atoms with Crippen molar-refractivity contribution in [3.63, 3.8) is 0 Å². The summed E-state index contributed by atoms with van der Waals surface area (Å²) < 4.78 is 23.6. The van der Waals surface area contributed by atoms with Crippen molar-refractivity contribution in [1.82, 2.24) is 4.98 Å². The molecule has 3 aromatic rings. The van der Waals surface area contributed by atoms with Crippen LogP contribution in [0.2, 0.25) is 0 Å². The van der Waals surface area contributed by atoms with Crippen LogP contribution in [0.3, 0.4) is 0 Å². The van der Waals surface area contributed by atoms with Crippen molar-refractivity contribution in [3.8, 4) is 11.5 Å². The lowest BCUT2D eigenvalue weighted by Gasteiger charge is -2.04. The van der Waals surface area contributed by atoms with E-state index >= 15 is 0 Å². The molecule has 1 amide bonds. The quantitative estimate of drug-likeness (QED) is 0.750. The number of carbonyl (C=O) groups is 1. The van der Waals surface area contributed by atoms with E-state index in [9.17, 15) is 14.3 Å². The van der Waals surface area contributed by atoms with Crippen molar-refractivity contribution in [2.75, 3.05) is 5.32 Å². The number of rotatable bonds is 5. The summed E-state index contributed by atoms with van der Waals surface area (Å²) in [5, 5.41) is 12.0. The second kappa shape index (κ2) is 6.82. The molecule has 24 heavy (non-hydrogen) atoms. The summed E-state index contributed by atoms with van der Waals surface area (Å²) in [6.45, 7) is 0.0910. The van der Waals surface area contributed by atoms with Gasteiger partial charge in [-0.25, -0.2) is 9.37 Å². The Balaban J connectivity index is 1.61. The molecule has 0 aliphatic carbocycles. The van der Waals surface area contributed by atoms with Gasteiger partial charge in [0.15, 0.2) is 17.3 Å². The van der Waals surface area contributed by atoms with Gasteiger partial charge in [-0.2, -0.15) is 0 Å². The van der Waals surface area contributed by atoms with E-state index < -0.39 is 5.91 Å². The van der Waals surface area contributed by atoms with Crippen LogP contribution < -0.4 is 10.1 Å². The van der Waals surface area contributed by atoms with Crippen LogP contribution in [0, 0.1) is 5.82 Å². The number of pyridine rings is 1. The molecule has 0 bridgehead atoms. The number of furan rings is 1. The van der Waals surface area contributed by atoms with Crippen LogP contribution in [-0.2, 0) is 6.61 Å². The van der Waals surface area contributed by atoms with Gasteiger partial charge in [-0.05, 0) is 48.5 Å². The SMILES string of the molecule is O=C(Nc1ncccc1O)c1ccc(COc2ccc(F)cc2)o1. The van der Waals surface area contributed by atoms with E-state index in [1.54, 1.807) is 12.1 Å². The van der Waals surface area contributed by atoms with Crippen LogP contribution in [-0.4, -0.2) is 16.0 Å². The summed E-state index contributed by atoms with van der Waals surface area (Å²) >= 11 is 0. The number of hydrogen-bond donors (Lipinski definition) is 2. The third kappa shape index (κ3) is 3.70. The van der Waals surface area contributed by atoms with E-state index in [4.69, 9.17) is 9.15 Å². The van der Waals surface area contributed by atoms with Gasteiger partial charge < -0.3 is 19.6 Å². The van der Waals surface area contributed by atoms with Crippen molar-refractivity contribution < 1.29 is 23.4 Å². The highest BCUT2D eigenvalue weighted by Gasteiger charge is 2.14. The number of nitrogens with one attached hydrogen (secondary N) is 1. The molecule has 2 aromatic heterocycles. The normalized spacial score (nSPS) is 10.4. The molecule has 2 heterocycles. The Morgan fingerprint density at radius 1 is 1.21 bits per heavy atom. The first-order valence-electron chi connectivity index (χ1n) is 7.04. The van der Waals surface area contributed by atoms with Crippen molar-refractivity contribution in [2.24, 2.45) is 0 Å². The minimum absolute atomic E-state index is 0.0445. The minimum Gasteiger partial charge on any atom is -0.504 e. The van der Waals surface area contributed by atoms with Crippen molar-refractivity contribution in [3.05, 3.63) is 72.1 Å². The van der Waals surface area contributed by atoms with E-state index in [-0.39, 0.29) is 29.8 Å². The highest BCUT2D eigenvalue weighted by atomic mass is 19.1. The fourth-order valence-electron chi connectivity index (χ4n) is 1.93. The highest BCUT2D eigenvalue weighted by molar-refractivity contribution is 6.02. The first-order valence-corrected chi connectivity index (χ1v) is 7.04. The highest BCUT2D eigenvalue weighted by Crippen LogP contribution is 2.20. The lowest BCUT2D eigenvalue weighted by atomic mass is 10.3. The topological polar surface area (TPSA) is 84.6 Å². The number of aromatic hydroxyl groups is 1. The third-order valence-electron chi connectivity index (χ3n) is 3.10. The molecule has 122 valence electrons. The Labute approximate surface area is 136 Å². The first kappa shape index (κ1) is 15.5. The monoisotopic (exact) mass is 328 g/mol. The maximum atomic E-state index is 12.8. The molecule has 0 unspecified atom stereocenters. The van der Waals surface area contributed by atoms with Gasteiger partial charge in [-0.3, -0.25) is 4.79 Å². The number of benzene rings is 1. The lowest BCUT2D eigenvalue weighted by molar-refractivity contribution is 0.0991. The summed E-state index contributed by atoms with van der Waals surface area (Å²) in [5.74, 6) is -0.0286. The Morgan fingerprint density at radius 2 is 2.00 bits per heavy atom. The predicted octanol–water partition coefficient (Wildman–Crippen LogP) is 3.35. The molecule has 0 spiro atoms. The molecule has 0 saturated heterocycles. The molecule has 0 radical (unpaired) electrons. The van der Waals surface area contributed by atoms with Crippen molar-refractivity contribution in [1.29, 1.82) is 0 Å². The predicted molar refractivity (Wildman–Crippen MR) is 83.3 cm³/mol. The minimum atomic E-state index is -0.544. The number of ether oxygens (including phenoxy) is 1. The van der Waals surface area contributed by atoms with Gasteiger partial charge in [0, 0.05) is 6.20 Å². The standard InChI is InChI=1S/C17H13FN2O4/c18-11-3-5-12(6-4-11)23-10-13-7-8-15(24-13)17(22)20-16-14(21)2-1-9-19-16/h1-9,21H,10H2,(H,19,20,22). The summed E-state index contributed by atoms with van der Waals surface area (Å²) in [7, 11) is 0. The number of anilines is 1. The van der Waals surface area contributed by atoms with E-state index in [0.717, 1.165) is 0 Å². The Kier molecular flexibility index (Phi) is 4.42. The average molecular weight is 328 g/mol. The number of aromatic nitrogens is 1. The molecule has 0 aliphatic rings. The number of hydrogen-bond acceptors (Lipinski definition) is 5. The van der Waals surface area contributed by atoms with E-state index in [0.29, 0.717) is 11.5 Å². The Bertz CT molecular complexity index is 846. The molecule has 1 aromatic carbocycles. The second-order valence-corrected chi connectivity index (χ2v) is 4.83. The smallest absolute Gasteiger partial charge is 0.292 e. The molecular formula is C17H13FN2O4. The largest absolute Gasteiger partial charge is 0.504 e. The summed E-state index contributed by atoms with van der Waals surface area (Å²) in [5.41, 5.74) is 0. The fraction of sp³-hybridized carbons (Fsp3) is 0.0588. The Morgan fingerprint density at radius 3 is 2.75 bits per heavy atom. The van der Waals surface area contributed by atoms with Crippen molar-refractivity contribution >= 4 is 11.7 Å². The number of carbonyl (C=O) groups excluding carboxylic acids is 1. The van der Waals surface area contributed by atoms with Gasteiger partial charge in [-0.15, -0.1) is 0 Å². The van der Waals surface area contributed by atoms with Crippen molar-refractivity contribution in [2.45, 2.75) is 6.61 Å². The number of amides is 1. The zero-order valence-electron chi connectivity index (χ0n) is 12.4. The van der Waals surface area contributed by atoms with E-state index in [2.05, 4.69) is 10.3 Å². The first-order chi connectivity index (χ1) is 11.6. The van der Waals surface area contributed by atoms with Crippen LogP contribution in [0.15, 0.2) is 59.1 Å². The molecule has 7 heteroatoms. The van der Waals surface area contributed by atoms with E-state index in [1.165, 1.54) is 42.6 Å². The third-order valence-corrected chi connectivity index (χ3v) is 3.10. The number of nitrogens with zero attached hydrogens (tertiary/aromatic N) is 1. The number of halogens is 1. The van der Waals surface area contributed by atoms with Gasteiger partial charge in [0.2, 0.25) is 0 Å². The zero-order valence-corrected chi connectivity index (χ0v) is 12.4. The van der Waals surface area contributed by atoms with Gasteiger partial charge in [0.05, 0.1) is 0 Å². The van der Waals surface area contributed by atoms with Crippen LogP contribution in [0.25, 0.3) is 0 Å². The summed E-state index contributed by atoms with van der Waals surface area (Å²) in [6, 6.07) is 11.6. The van der Waals surface area contributed by atoms with Crippen LogP contribution in [0.5, 0.6) is 11.5 Å². The lowest BCUT2D eigenvalue weighted by Crippen LogP contribution is -2.12. The molecule has 0 fully saturated rings. The van der Waals surface area contributed by atoms with Gasteiger partial charge in [-0.1, -0.05) is 0 Å². The fourth-order valence-corrected chi connectivity index (χ4v) is 1.93. The molecule has 3 rings (SSSR count). The average Bonchev–Trinajstić information content (AvgIpc) is 3.06. The molecule has 0 atom stereocenters. The van der Waals surface area contributed by atoms with Crippen LogP contribution in [0.4, 0.5) is 10.2 Å². The van der Waals surface area contributed by atoms with Gasteiger partial charge in [0.25, 0.3) is 5.91 Å². The summed E-state index contributed by atoms with van der Waals surface area (Å²) in [4.78, 5) is 15.9. The van der Waals surface area contributed by atoms with Gasteiger partial charge >= 0.3 is 0 Å². The maximum absolute atomic E-state index is 12.8. The molecular weight excluding hydrogens is 315 g/mol. The Hall–Kier alpha value is -3.35. The second-order valence-electron chi connectivity index (χ2n) is 4.83. The van der Waals surface area contributed by atoms with E-state index in [1.807, 2.05) is 0 Å². The van der Waals surface area contributed by atoms with Gasteiger partial charge in [0.1, 0.15) is 23.9 Å². The molecule has 2 N–H and O–H groups in total. The van der Waals surface area contributed by atoms with Crippen LogP contribution in [0.1, 0.15) is 16.3 Å². The molecule has 6 nitrogen and oxygen atoms in total. The van der Waals surface area contributed by atoms with Crippen LogP contribution >= 0.6 is 0 Å². The summed E-state index contributed by atoms with van der Waals surface area (Å²) in [6.07, 6.45) is 1.44. The zero-order chi connectivity index (χ0) is 16.9.